The second-order valence-electron chi connectivity index (χ2n) is 5.58. The van der Waals surface area contributed by atoms with Gasteiger partial charge < -0.3 is 4.57 Å². The van der Waals surface area contributed by atoms with Gasteiger partial charge in [0.15, 0.2) is 0 Å². The monoisotopic (exact) mass is 373 g/mol. The van der Waals surface area contributed by atoms with Crippen molar-refractivity contribution >= 4 is 46.2 Å². The van der Waals surface area contributed by atoms with Gasteiger partial charge in [-0.15, -0.1) is 0 Å². The highest BCUT2D eigenvalue weighted by molar-refractivity contribution is 6.36. The fourth-order valence-electron chi connectivity index (χ4n) is 2.92. The summed E-state index contributed by atoms with van der Waals surface area (Å²) in [4.78, 5) is 12.2. The number of aryl methyl sites for hydroxylation is 1. The fourth-order valence-corrected chi connectivity index (χ4v) is 3.41. The van der Waals surface area contributed by atoms with Crippen molar-refractivity contribution in [2.24, 2.45) is 5.10 Å². The lowest BCUT2D eigenvalue weighted by Gasteiger charge is -2.04. The number of rotatable bonds is 4. The van der Waals surface area contributed by atoms with Crippen molar-refractivity contribution in [1.82, 2.24) is 9.99 Å². The molecule has 128 valence electrons. The van der Waals surface area contributed by atoms with Gasteiger partial charge in [0.2, 0.25) is 0 Å². The van der Waals surface area contributed by atoms with Crippen LogP contribution in [0.1, 0.15) is 28.5 Å². The van der Waals surface area contributed by atoms with Crippen LogP contribution in [0.5, 0.6) is 0 Å². The van der Waals surface area contributed by atoms with E-state index in [-0.39, 0.29) is 5.91 Å². The second-order valence-corrected chi connectivity index (χ2v) is 6.43. The van der Waals surface area contributed by atoms with Crippen LogP contribution in [-0.2, 0) is 6.54 Å². The molecule has 1 aromatic heterocycles. The van der Waals surface area contributed by atoms with Crippen LogP contribution in [0.4, 0.5) is 0 Å². The molecule has 0 unspecified atom stereocenters. The molecule has 0 aliphatic rings. The van der Waals surface area contributed by atoms with Crippen molar-refractivity contribution in [3.8, 4) is 0 Å². The predicted molar refractivity (Wildman–Crippen MR) is 104 cm³/mol. The minimum Gasteiger partial charge on any atom is -0.344 e. The maximum absolute atomic E-state index is 12.2. The number of halogens is 2. The summed E-state index contributed by atoms with van der Waals surface area (Å²) in [6, 6.07) is 12.9. The Hall–Kier alpha value is -2.30. The summed E-state index contributed by atoms with van der Waals surface area (Å²) in [5, 5.41) is 5.98. The molecule has 0 bridgehead atoms. The van der Waals surface area contributed by atoms with Crippen LogP contribution in [0.25, 0.3) is 10.9 Å². The number of fused-ring (bicyclic) bond motifs is 1. The highest BCUT2D eigenvalue weighted by Crippen LogP contribution is 2.24. The number of carbonyl (C=O) groups excluding carboxylic acids is 1. The van der Waals surface area contributed by atoms with E-state index in [0.29, 0.717) is 15.6 Å². The topological polar surface area (TPSA) is 46.4 Å². The van der Waals surface area contributed by atoms with Crippen LogP contribution in [0.2, 0.25) is 10.0 Å². The Morgan fingerprint density at radius 1 is 1.24 bits per heavy atom. The molecule has 0 atom stereocenters. The molecule has 6 heteroatoms. The van der Waals surface area contributed by atoms with E-state index in [1.165, 1.54) is 6.07 Å². The van der Waals surface area contributed by atoms with E-state index in [1.54, 1.807) is 18.3 Å². The minimum absolute atomic E-state index is 0.291. The Bertz CT molecular complexity index is 976. The molecule has 0 radical (unpaired) electrons. The Labute approximate surface area is 156 Å². The molecule has 4 nitrogen and oxygen atoms in total. The number of hydrogen-bond acceptors (Lipinski definition) is 2. The van der Waals surface area contributed by atoms with Gasteiger partial charge in [-0.2, -0.15) is 5.10 Å². The Kier molecular flexibility index (Phi) is 5.11. The molecule has 1 N–H and O–H groups in total. The van der Waals surface area contributed by atoms with E-state index in [2.05, 4.69) is 28.1 Å². The zero-order valence-electron chi connectivity index (χ0n) is 13.9. The summed E-state index contributed by atoms with van der Waals surface area (Å²) in [5.41, 5.74) is 6.09. The van der Waals surface area contributed by atoms with Gasteiger partial charge in [0.1, 0.15) is 0 Å². The average Bonchev–Trinajstić information content (AvgIpc) is 2.86. The number of carbonyl (C=O) groups is 1. The van der Waals surface area contributed by atoms with Gasteiger partial charge in [0.05, 0.1) is 16.8 Å². The summed E-state index contributed by atoms with van der Waals surface area (Å²) < 4.78 is 2.22. The molecule has 0 spiro atoms. The van der Waals surface area contributed by atoms with Gasteiger partial charge in [-0.05, 0) is 38.1 Å². The molecule has 0 aliphatic carbocycles. The molecular formula is C19H17Cl2N3O. The summed E-state index contributed by atoms with van der Waals surface area (Å²) in [5.74, 6) is -0.380. The molecule has 1 heterocycles. The fraction of sp³-hybridized carbons (Fsp3) is 0.158. The summed E-state index contributed by atoms with van der Waals surface area (Å²) in [6.45, 7) is 5.01. The smallest absolute Gasteiger partial charge is 0.272 e. The van der Waals surface area contributed by atoms with Crippen molar-refractivity contribution in [3.05, 3.63) is 69.3 Å². The van der Waals surface area contributed by atoms with E-state index in [4.69, 9.17) is 23.2 Å². The molecule has 2 aromatic carbocycles. The van der Waals surface area contributed by atoms with Crippen LogP contribution < -0.4 is 5.43 Å². The summed E-state index contributed by atoms with van der Waals surface area (Å²) in [6.07, 6.45) is 1.67. The third kappa shape index (κ3) is 3.41. The average molecular weight is 374 g/mol. The summed E-state index contributed by atoms with van der Waals surface area (Å²) >= 11 is 11.9. The first-order chi connectivity index (χ1) is 12.0. The lowest BCUT2D eigenvalue weighted by atomic mass is 10.1. The number of para-hydroxylation sites is 1. The van der Waals surface area contributed by atoms with Crippen molar-refractivity contribution in [1.29, 1.82) is 0 Å². The molecule has 3 rings (SSSR count). The van der Waals surface area contributed by atoms with Crippen LogP contribution >= 0.6 is 23.2 Å². The number of nitrogens with one attached hydrogen (secondary N) is 1. The summed E-state index contributed by atoms with van der Waals surface area (Å²) in [7, 11) is 0. The van der Waals surface area contributed by atoms with Gasteiger partial charge in [0.25, 0.3) is 5.91 Å². The zero-order chi connectivity index (χ0) is 18.0. The van der Waals surface area contributed by atoms with Crippen molar-refractivity contribution in [2.45, 2.75) is 20.4 Å². The molecule has 0 fully saturated rings. The molecule has 3 aromatic rings. The number of nitrogens with zero attached hydrogens (tertiary/aromatic N) is 2. The second kappa shape index (κ2) is 7.30. The SMILES string of the molecule is CCn1c(C)c(/C=N\NC(=O)c2ccc(Cl)cc2Cl)c2ccccc21. The van der Waals surface area contributed by atoms with Crippen LogP contribution in [0.15, 0.2) is 47.6 Å². The third-order valence-electron chi connectivity index (χ3n) is 4.13. The normalized spacial score (nSPS) is 11.4. The van der Waals surface area contributed by atoms with Gasteiger partial charge in [0, 0.05) is 33.7 Å². The first kappa shape index (κ1) is 17.5. The van der Waals surface area contributed by atoms with E-state index < -0.39 is 0 Å². The predicted octanol–water partition coefficient (Wildman–Crippen LogP) is 5.04. The van der Waals surface area contributed by atoms with E-state index in [0.717, 1.165) is 28.7 Å². The van der Waals surface area contributed by atoms with Crippen molar-refractivity contribution in [3.63, 3.8) is 0 Å². The van der Waals surface area contributed by atoms with Gasteiger partial charge in [-0.3, -0.25) is 4.79 Å². The van der Waals surface area contributed by atoms with Crippen molar-refractivity contribution < 1.29 is 4.79 Å². The largest absolute Gasteiger partial charge is 0.344 e. The first-order valence-electron chi connectivity index (χ1n) is 7.89. The van der Waals surface area contributed by atoms with Crippen LogP contribution in [0, 0.1) is 6.92 Å². The number of aromatic nitrogens is 1. The van der Waals surface area contributed by atoms with Crippen molar-refractivity contribution in [2.75, 3.05) is 0 Å². The highest BCUT2D eigenvalue weighted by Gasteiger charge is 2.12. The molecule has 25 heavy (non-hydrogen) atoms. The maximum Gasteiger partial charge on any atom is 0.272 e. The number of hydrazone groups is 1. The Morgan fingerprint density at radius 2 is 2.00 bits per heavy atom. The maximum atomic E-state index is 12.2. The minimum atomic E-state index is -0.380. The number of amides is 1. The van der Waals surface area contributed by atoms with E-state index in [9.17, 15) is 4.79 Å². The third-order valence-corrected chi connectivity index (χ3v) is 4.68. The molecule has 0 saturated carbocycles. The zero-order valence-corrected chi connectivity index (χ0v) is 15.4. The lowest BCUT2D eigenvalue weighted by molar-refractivity contribution is 0.0955. The molecular weight excluding hydrogens is 357 g/mol. The number of benzene rings is 2. The Morgan fingerprint density at radius 3 is 2.72 bits per heavy atom. The standard InChI is InChI=1S/C19H17Cl2N3O/c1-3-24-12(2)16(14-6-4-5-7-18(14)24)11-22-23-19(25)15-9-8-13(20)10-17(15)21/h4-11H,3H2,1-2H3,(H,23,25)/b22-11-. The van der Waals surface area contributed by atoms with Gasteiger partial charge >= 0.3 is 0 Å². The molecule has 1 amide bonds. The molecule has 0 aliphatic heterocycles. The van der Waals surface area contributed by atoms with Gasteiger partial charge in [-0.1, -0.05) is 41.4 Å². The van der Waals surface area contributed by atoms with Crippen LogP contribution in [-0.4, -0.2) is 16.7 Å². The lowest BCUT2D eigenvalue weighted by Crippen LogP contribution is -2.18. The molecule has 0 saturated heterocycles. The highest BCUT2D eigenvalue weighted by atomic mass is 35.5. The van der Waals surface area contributed by atoms with E-state index in [1.807, 2.05) is 25.1 Å². The van der Waals surface area contributed by atoms with Crippen LogP contribution in [0.3, 0.4) is 0 Å². The first-order valence-corrected chi connectivity index (χ1v) is 8.64. The quantitative estimate of drug-likeness (QED) is 0.505. The van der Waals surface area contributed by atoms with Gasteiger partial charge in [-0.25, -0.2) is 5.43 Å². The number of hydrogen-bond donors (Lipinski definition) is 1. The Balaban J connectivity index is 1.87. The van der Waals surface area contributed by atoms with E-state index >= 15 is 0 Å².